The van der Waals surface area contributed by atoms with E-state index in [9.17, 15) is 44.3 Å². The van der Waals surface area contributed by atoms with Gasteiger partial charge in [-0.2, -0.15) is 26.3 Å². The van der Waals surface area contributed by atoms with Crippen LogP contribution in [0.5, 0.6) is 11.5 Å². The molecule has 1 aromatic heterocycles. The van der Waals surface area contributed by atoms with Gasteiger partial charge in [0.15, 0.2) is 0 Å². The molecule has 0 bridgehead atoms. The fourth-order valence-corrected chi connectivity index (χ4v) is 5.51. The maximum atomic E-state index is 13.1. The topological polar surface area (TPSA) is 177 Å². The minimum atomic E-state index is -5.12. The van der Waals surface area contributed by atoms with Gasteiger partial charge in [-0.1, -0.05) is 24.3 Å². The lowest BCUT2D eigenvalue weighted by Gasteiger charge is -2.18. The zero-order valence-electron chi connectivity index (χ0n) is 23.1. The van der Waals surface area contributed by atoms with Crippen molar-refractivity contribution in [2.75, 3.05) is 14.2 Å². The number of carbonyl (C=O) groups is 3. The minimum absolute atomic E-state index is 0.0553. The number of carbonyl (C=O) groups excluding carboxylic acids is 2. The number of halogens is 6. The van der Waals surface area contributed by atoms with Crippen LogP contribution in [0.15, 0.2) is 48.7 Å². The van der Waals surface area contributed by atoms with Crippen LogP contribution in [0.3, 0.4) is 0 Å². The standard InChI is InChI=1S/C24H23F3N4O6S.C2HF3O2/c1-36-15-7-8-19(37-2)16(10-15)18-12-28-22(29-18)17(30-23(33)24(25,26)27)9-13-3-5-14(6-4-13)20-11-21(32)31-38(20,34)35;3-2(4,5)1(6)7/h3-8,10,12,17,20H,9,11H2,1-2H3,(H,28,29)(H,30,33)(H,31,32);(H,6,7). The van der Waals surface area contributed by atoms with Crippen molar-refractivity contribution in [3.05, 3.63) is 65.6 Å². The number of alkyl halides is 6. The number of amides is 2. The highest BCUT2D eigenvalue weighted by molar-refractivity contribution is 7.90. The Balaban J connectivity index is 0.000000707. The Labute approximate surface area is 250 Å². The Kier molecular flexibility index (Phi) is 10.4. The first kappa shape index (κ1) is 34.7. The van der Waals surface area contributed by atoms with Crippen LogP contribution in [0.1, 0.15) is 34.7 Å². The summed E-state index contributed by atoms with van der Waals surface area (Å²) < 4.78 is 108. The minimum Gasteiger partial charge on any atom is -0.497 e. The zero-order chi connectivity index (χ0) is 33.7. The van der Waals surface area contributed by atoms with Crippen molar-refractivity contribution in [1.29, 1.82) is 0 Å². The highest BCUT2D eigenvalue weighted by Gasteiger charge is 2.41. The highest BCUT2D eigenvalue weighted by atomic mass is 32.2. The molecule has 0 aliphatic carbocycles. The Morgan fingerprint density at radius 3 is 2.16 bits per heavy atom. The molecule has 19 heteroatoms. The Bertz CT molecular complexity index is 1660. The van der Waals surface area contributed by atoms with Crippen molar-refractivity contribution in [2.24, 2.45) is 0 Å². The molecule has 2 aromatic carbocycles. The van der Waals surface area contributed by atoms with Crippen molar-refractivity contribution in [1.82, 2.24) is 20.0 Å². The molecule has 0 spiro atoms. The van der Waals surface area contributed by atoms with Gasteiger partial charge in [-0.05, 0) is 35.7 Å². The molecule has 45 heavy (non-hydrogen) atoms. The number of imidazole rings is 1. The second-order valence-electron chi connectivity index (χ2n) is 9.28. The third-order valence-electron chi connectivity index (χ3n) is 6.22. The van der Waals surface area contributed by atoms with Crippen molar-refractivity contribution in [3.8, 4) is 22.8 Å². The van der Waals surface area contributed by atoms with Gasteiger partial charge in [0, 0.05) is 5.56 Å². The SMILES string of the molecule is COc1ccc(OC)c(-c2cnc(C(Cc3ccc(C4CC(=O)NS4(=O)=O)cc3)NC(=O)C(F)(F)F)[nH]2)c1.O=C(O)C(F)(F)F. The van der Waals surface area contributed by atoms with Gasteiger partial charge >= 0.3 is 24.2 Å². The molecular weight excluding hydrogens is 642 g/mol. The second-order valence-corrected chi connectivity index (χ2v) is 11.1. The van der Waals surface area contributed by atoms with Gasteiger partial charge in [0.25, 0.3) is 0 Å². The number of ether oxygens (including phenoxy) is 2. The number of aromatic amines is 1. The highest BCUT2D eigenvalue weighted by Crippen LogP contribution is 2.34. The molecule has 1 saturated heterocycles. The number of hydrogen-bond acceptors (Lipinski definition) is 8. The van der Waals surface area contributed by atoms with Crippen LogP contribution in [-0.2, 0) is 30.8 Å². The summed E-state index contributed by atoms with van der Waals surface area (Å²) in [5, 5.41) is 8.03. The molecule has 2 heterocycles. The summed E-state index contributed by atoms with van der Waals surface area (Å²) in [7, 11) is -0.910. The van der Waals surface area contributed by atoms with E-state index in [0.717, 1.165) is 0 Å². The lowest BCUT2D eigenvalue weighted by Crippen LogP contribution is -2.40. The van der Waals surface area contributed by atoms with E-state index in [4.69, 9.17) is 19.4 Å². The number of aliphatic carboxylic acids is 1. The first-order chi connectivity index (χ1) is 20.8. The summed E-state index contributed by atoms with van der Waals surface area (Å²) in [6.45, 7) is 0. The lowest BCUT2D eigenvalue weighted by molar-refractivity contribution is -0.192. The molecule has 4 rings (SSSR count). The average Bonchev–Trinajstić information content (AvgIpc) is 3.55. The summed E-state index contributed by atoms with van der Waals surface area (Å²) in [4.78, 5) is 39.4. The monoisotopic (exact) mass is 666 g/mol. The Morgan fingerprint density at radius 1 is 1.04 bits per heavy atom. The van der Waals surface area contributed by atoms with E-state index in [1.54, 1.807) is 18.2 Å². The maximum absolute atomic E-state index is 13.1. The number of methoxy groups -OCH3 is 2. The van der Waals surface area contributed by atoms with Gasteiger partial charge in [-0.25, -0.2) is 18.2 Å². The van der Waals surface area contributed by atoms with E-state index in [1.165, 1.54) is 44.7 Å². The quantitative estimate of drug-likeness (QED) is 0.262. The second kappa shape index (κ2) is 13.4. The van der Waals surface area contributed by atoms with Crippen LogP contribution in [0.2, 0.25) is 0 Å². The number of nitrogens with zero attached hydrogens (tertiary/aromatic N) is 1. The number of nitrogens with one attached hydrogen (secondary N) is 3. The van der Waals surface area contributed by atoms with Crippen molar-refractivity contribution < 1.29 is 63.7 Å². The summed E-state index contributed by atoms with van der Waals surface area (Å²) in [6, 6.07) is 9.80. The van der Waals surface area contributed by atoms with Crippen molar-refractivity contribution in [3.63, 3.8) is 0 Å². The molecule has 0 saturated carbocycles. The molecule has 244 valence electrons. The first-order valence-corrected chi connectivity index (χ1v) is 14.0. The summed E-state index contributed by atoms with van der Waals surface area (Å²) in [5.41, 5.74) is 1.80. The molecule has 0 radical (unpaired) electrons. The lowest BCUT2D eigenvalue weighted by atomic mass is 10.0. The number of carboxylic acids is 1. The number of sulfonamides is 1. The molecule has 12 nitrogen and oxygen atoms in total. The molecule has 1 aliphatic rings. The van der Waals surface area contributed by atoms with E-state index in [2.05, 4.69) is 9.97 Å². The Hall–Kier alpha value is -4.81. The van der Waals surface area contributed by atoms with Gasteiger partial charge < -0.3 is 24.9 Å². The van der Waals surface area contributed by atoms with E-state index < -0.39 is 51.5 Å². The van der Waals surface area contributed by atoms with E-state index >= 15 is 0 Å². The third kappa shape index (κ3) is 8.87. The van der Waals surface area contributed by atoms with Crippen LogP contribution in [0.25, 0.3) is 11.3 Å². The fraction of sp³-hybridized carbons (Fsp3) is 0.308. The number of aromatic nitrogens is 2. The molecule has 2 unspecified atom stereocenters. The molecular formula is C26H24F6N4O8S. The Morgan fingerprint density at radius 2 is 1.67 bits per heavy atom. The molecule has 4 N–H and O–H groups in total. The van der Waals surface area contributed by atoms with Crippen LogP contribution in [0.4, 0.5) is 26.3 Å². The third-order valence-corrected chi connectivity index (χ3v) is 7.92. The first-order valence-electron chi connectivity index (χ1n) is 12.4. The summed E-state index contributed by atoms with van der Waals surface area (Å²) >= 11 is 0. The molecule has 1 fully saturated rings. The number of rotatable bonds is 8. The molecule has 2 amide bonds. The molecule has 1 aliphatic heterocycles. The van der Waals surface area contributed by atoms with Crippen LogP contribution in [0, 0.1) is 0 Å². The number of benzene rings is 2. The van der Waals surface area contributed by atoms with Gasteiger partial charge in [-0.15, -0.1) is 0 Å². The predicted molar refractivity (Wildman–Crippen MR) is 142 cm³/mol. The smallest absolute Gasteiger partial charge is 0.490 e. The maximum Gasteiger partial charge on any atom is 0.490 e. The van der Waals surface area contributed by atoms with Crippen LogP contribution < -0.4 is 19.5 Å². The average molecular weight is 667 g/mol. The van der Waals surface area contributed by atoms with Gasteiger partial charge in [0.2, 0.25) is 15.9 Å². The fourth-order valence-electron chi connectivity index (χ4n) is 4.08. The normalized spacial score (nSPS) is 16.5. The van der Waals surface area contributed by atoms with Crippen LogP contribution in [-0.4, -0.2) is 67.8 Å². The van der Waals surface area contributed by atoms with Gasteiger partial charge in [0.1, 0.15) is 22.6 Å². The summed E-state index contributed by atoms with van der Waals surface area (Å²) in [5.74, 6) is -4.48. The zero-order valence-corrected chi connectivity index (χ0v) is 23.9. The van der Waals surface area contributed by atoms with Gasteiger partial charge in [-0.3, -0.25) is 14.3 Å². The van der Waals surface area contributed by atoms with E-state index in [-0.39, 0.29) is 18.7 Å². The van der Waals surface area contributed by atoms with Crippen molar-refractivity contribution >= 4 is 27.8 Å². The number of carboxylic acid groups (broad SMARTS) is 1. The van der Waals surface area contributed by atoms with E-state index in [1.807, 2.05) is 10.0 Å². The summed E-state index contributed by atoms with van der Waals surface area (Å²) in [6.07, 6.45) is -9.13. The number of hydrogen-bond donors (Lipinski definition) is 4. The van der Waals surface area contributed by atoms with E-state index in [0.29, 0.717) is 33.9 Å². The largest absolute Gasteiger partial charge is 0.497 e. The van der Waals surface area contributed by atoms with Crippen molar-refractivity contribution in [2.45, 2.75) is 36.5 Å². The number of H-pyrrole nitrogens is 1. The molecule has 2 atom stereocenters. The predicted octanol–water partition coefficient (Wildman–Crippen LogP) is 3.58. The van der Waals surface area contributed by atoms with Crippen LogP contribution >= 0.6 is 0 Å². The molecule has 3 aromatic rings. The van der Waals surface area contributed by atoms with Gasteiger partial charge in [0.05, 0.1) is 38.6 Å².